The van der Waals surface area contributed by atoms with Crippen LogP contribution in [0.4, 0.5) is 5.69 Å². The van der Waals surface area contributed by atoms with Crippen LogP contribution in [0.3, 0.4) is 0 Å². The first-order valence-corrected chi connectivity index (χ1v) is 3.92. The first-order valence-electron chi connectivity index (χ1n) is 3.92. The zero-order valence-corrected chi connectivity index (χ0v) is 6.82. The van der Waals surface area contributed by atoms with E-state index in [2.05, 4.69) is 6.42 Å². The topological polar surface area (TPSA) is 52.4 Å². The molecule has 0 saturated heterocycles. The number of rotatable bonds is 1. The van der Waals surface area contributed by atoms with Crippen LogP contribution in [-0.4, -0.2) is 11.5 Å². The van der Waals surface area contributed by atoms with Gasteiger partial charge in [-0.1, -0.05) is 0 Å². The second kappa shape index (κ2) is 3.05. The van der Waals surface area contributed by atoms with Gasteiger partial charge in [-0.05, 0) is 12.5 Å². The fourth-order valence-corrected chi connectivity index (χ4v) is 1.24. The Bertz CT molecular complexity index is 349. The normalized spacial score (nSPS) is 14.5. The van der Waals surface area contributed by atoms with E-state index < -0.39 is 4.92 Å². The lowest BCUT2D eigenvalue weighted by atomic mass is 10.1. The minimum Gasteiger partial charge on any atom is -0.493 e. The minimum atomic E-state index is -0.432. The van der Waals surface area contributed by atoms with Crippen LogP contribution in [0.15, 0.2) is 18.2 Å². The van der Waals surface area contributed by atoms with Crippen LogP contribution in [-0.2, 0) is 0 Å². The van der Waals surface area contributed by atoms with Crippen LogP contribution in [0.1, 0.15) is 12.0 Å². The van der Waals surface area contributed by atoms with Gasteiger partial charge in [0.15, 0.2) is 0 Å². The quantitative estimate of drug-likeness (QED) is 0.485. The lowest BCUT2D eigenvalue weighted by molar-refractivity contribution is -0.385. The van der Waals surface area contributed by atoms with Gasteiger partial charge < -0.3 is 4.74 Å². The van der Waals surface area contributed by atoms with Crippen molar-refractivity contribution in [2.45, 2.75) is 6.42 Å². The molecule has 4 heteroatoms. The van der Waals surface area contributed by atoms with E-state index in [4.69, 9.17) is 4.74 Å². The smallest absolute Gasteiger partial charge is 0.273 e. The largest absolute Gasteiger partial charge is 0.493 e. The Hall–Kier alpha value is -1.58. The summed E-state index contributed by atoms with van der Waals surface area (Å²) in [6.45, 7) is 0.550. The van der Waals surface area contributed by atoms with Crippen molar-refractivity contribution in [3.05, 3.63) is 40.3 Å². The number of hydrogen-bond acceptors (Lipinski definition) is 3. The van der Waals surface area contributed by atoms with Crippen molar-refractivity contribution >= 4 is 5.69 Å². The number of nitrogens with zero attached hydrogens (tertiary/aromatic N) is 1. The summed E-state index contributed by atoms with van der Waals surface area (Å²) in [6, 6.07) is 4.55. The van der Waals surface area contributed by atoms with Crippen LogP contribution in [0.25, 0.3) is 0 Å². The second-order valence-corrected chi connectivity index (χ2v) is 2.71. The lowest BCUT2D eigenvalue weighted by Crippen LogP contribution is -2.06. The van der Waals surface area contributed by atoms with Gasteiger partial charge in [0.2, 0.25) is 0 Å². The lowest BCUT2D eigenvalue weighted by Gasteiger charge is -2.15. The summed E-state index contributed by atoms with van der Waals surface area (Å²) in [5.74, 6) is 0.556. The van der Waals surface area contributed by atoms with Crippen molar-refractivity contribution in [1.82, 2.24) is 0 Å². The molecular weight excluding hydrogens is 170 g/mol. The molecule has 0 atom stereocenters. The van der Waals surface area contributed by atoms with Crippen LogP contribution in [0, 0.1) is 16.5 Å². The van der Waals surface area contributed by atoms with Gasteiger partial charge in [0.1, 0.15) is 5.75 Å². The fourth-order valence-electron chi connectivity index (χ4n) is 1.24. The van der Waals surface area contributed by atoms with Crippen molar-refractivity contribution in [3.8, 4) is 5.75 Å². The standard InChI is InChI=1S/C9H7NO3/c11-10(12)8-4-3-7-2-1-5-13-9(7)6-8/h3-4,6H,1,5H2. The zero-order chi connectivity index (χ0) is 9.26. The summed E-state index contributed by atoms with van der Waals surface area (Å²) in [4.78, 5) is 9.98. The fraction of sp³-hybridized carbons (Fsp3) is 0.222. The molecule has 2 rings (SSSR count). The highest BCUT2D eigenvalue weighted by molar-refractivity contribution is 5.48. The molecule has 1 heterocycles. The van der Waals surface area contributed by atoms with E-state index in [1.54, 1.807) is 6.07 Å². The molecule has 0 spiro atoms. The number of ether oxygens (including phenoxy) is 1. The molecule has 1 aromatic rings. The summed E-state index contributed by atoms with van der Waals surface area (Å²) < 4.78 is 5.25. The molecule has 0 aliphatic carbocycles. The number of non-ortho nitro benzene ring substituents is 1. The van der Waals surface area contributed by atoms with E-state index >= 15 is 0 Å². The Morgan fingerprint density at radius 2 is 2.38 bits per heavy atom. The van der Waals surface area contributed by atoms with Crippen LogP contribution in [0.2, 0.25) is 0 Å². The Balaban J connectivity index is 2.40. The average Bonchev–Trinajstić information content (AvgIpc) is 2.17. The Morgan fingerprint density at radius 3 is 3.15 bits per heavy atom. The molecule has 1 aromatic carbocycles. The van der Waals surface area contributed by atoms with Gasteiger partial charge >= 0.3 is 0 Å². The third kappa shape index (κ3) is 1.47. The molecule has 4 nitrogen and oxygen atoms in total. The van der Waals surface area contributed by atoms with Gasteiger partial charge in [-0.25, -0.2) is 0 Å². The minimum absolute atomic E-state index is 0.0578. The molecule has 1 aliphatic rings. The average molecular weight is 177 g/mol. The summed E-state index contributed by atoms with van der Waals surface area (Å²) in [7, 11) is 0. The van der Waals surface area contributed by atoms with E-state index in [0.29, 0.717) is 12.4 Å². The third-order valence-corrected chi connectivity index (χ3v) is 1.85. The Labute approximate surface area is 75.3 Å². The number of nitro groups is 1. The van der Waals surface area contributed by atoms with Crippen LogP contribution >= 0.6 is 0 Å². The van der Waals surface area contributed by atoms with E-state index in [9.17, 15) is 10.1 Å². The van der Waals surface area contributed by atoms with E-state index in [0.717, 1.165) is 12.0 Å². The van der Waals surface area contributed by atoms with Crippen molar-refractivity contribution < 1.29 is 9.66 Å². The van der Waals surface area contributed by atoms with Crippen LogP contribution < -0.4 is 4.74 Å². The summed E-state index contributed by atoms with van der Waals surface area (Å²) in [5.41, 5.74) is 0.874. The number of hydrogen-bond donors (Lipinski definition) is 0. The highest BCUT2D eigenvalue weighted by Crippen LogP contribution is 2.29. The number of fused-ring (bicyclic) bond motifs is 1. The Morgan fingerprint density at radius 1 is 1.54 bits per heavy atom. The molecule has 2 radical (unpaired) electrons. The van der Waals surface area contributed by atoms with E-state index in [1.165, 1.54) is 12.1 Å². The van der Waals surface area contributed by atoms with Crippen molar-refractivity contribution in [1.29, 1.82) is 0 Å². The molecule has 0 unspecified atom stereocenters. The maximum absolute atomic E-state index is 10.4. The predicted octanol–water partition coefficient (Wildman–Crippen LogP) is 1.81. The highest BCUT2D eigenvalue weighted by Gasteiger charge is 2.15. The molecule has 1 aliphatic heterocycles. The van der Waals surface area contributed by atoms with Crippen molar-refractivity contribution in [2.75, 3.05) is 6.61 Å². The molecule has 0 amide bonds. The Kier molecular flexibility index (Phi) is 1.88. The molecule has 0 fully saturated rings. The second-order valence-electron chi connectivity index (χ2n) is 2.71. The SMILES string of the molecule is O=[N+]([O-])c1ccc2c(c1)OCC[C]2. The van der Waals surface area contributed by atoms with Crippen molar-refractivity contribution in [3.63, 3.8) is 0 Å². The molecule has 13 heavy (non-hydrogen) atoms. The first-order chi connectivity index (χ1) is 6.27. The molecule has 0 N–H and O–H groups in total. The van der Waals surface area contributed by atoms with Gasteiger partial charge in [-0.3, -0.25) is 10.1 Å². The third-order valence-electron chi connectivity index (χ3n) is 1.85. The number of nitro benzene ring substituents is 1. The van der Waals surface area contributed by atoms with Gasteiger partial charge in [0.25, 0.3) is 5.69 Å². The monoisotopic (exact) mass is 177 g/mol. The molecule has 66 valence electrons. The van der Waals surface area contributed by atoms with E-state index in [-0.39, 0.29) is 5.69 Å². The molecule has 0 aromatic heterocycles. The predicted molar refractivity (Wildman–Crippen MR) is 45.6 cm³/mol. The molecular formula is C9H7NO3. The summed E-state index contributed by atoms with van der Waals surface area (Å²) >= 11 is 0. The first kappa shape index (κ1) is 8.04. The van der Waals surface area contributed by atoms with Gasteiger partial charge in [-0.2, -0.15) is 0 Å². The van der Waals surface area contributed by atoms with E-state index in [1.807, 2.05) is 0 Å². The number of benzene rings is 1. The maximum Gasteiger partial charge on any atom is 0.273 e. The maximum atomic E-state index is 10.4. The zero-order valence-electron chi connectivity index (χ0n) is 6.82. The van der Waals surface area contributed by atoms with Crippen molar-refractivity contribution in [2.24, 2.45) is 0 Å². The van der Waals surface area contributed by atoms with Gasteiger partial charge in [0, 0.05) is 18.1 Å². The van der Waals surface area contributed by atoms with Gasteiger partial charge in [0.05, 0.1) is 17.6 Å². The summed E-state index contributed by atoms with van der Waals surface area (Å²) in [6.07, 6.45) is 3.82. The van der Waals surface area contributed by atoms with Crippen LogP contribution in [0.5, 0.6) is 5.75 Å². The summed E-state index contributed by atoms with van der Waals surface area (Å²) in [5, 5.41) is 10.4. The highest BCUT2D eigenvalue weighted by atomic mass is 16.6. The van der Waals surface area contributed by atoms with Gasteiger partial charge in [-0.15, -0.1) is 0 Å². The molecule has 0 saturated carbocycles. The molecule has 0 bridgehead atoms.